The summed E-state index contributed by atoms with van der Waals surface area (Å²) < 4.78 is 49.5. The highest BCUT2D eigenvalue weighted by molar-refractivity contribution is 8.14. The third-order valence-electron chi connectivity index (χ3n) is 8.27. The highest BCUT2D eigenvalue weighted by Crippen LogP contribution is 2.24. The van der Waals surface area contributed by atoms with Gasteiger partial charge in [0.25, 0.3) is 0 Å². The van der Waals surface area contributed by atoms with Crippen LogP contribution in [0.25, 0.3) is 0 Å². The minimum absolute atomic E-state index is 0.0697. The van der Waals surface area contributed by atoms with Gasteiger partial charge < -0.3 is 37.9 Å². The Morgan fingerprint density at radius 3 is 0.556 bits per heavy atom. The second kappa shape index (κ2) is 43.1. The minimum Gasteiger partial charge on any atom is -0.381 e. The molecule has 0 heterocycles. The minimum atomic E-state index is -0.633. The molecule has 63 heavy (non-hydrogen) atoms. The highest BCUT2D eigenvalue weighted by Gasteiger charge is 2.34. The molecule has 0 aromatic carbocycles. The van der Waals surface area contributed by atoms with Crippen molar-refractivity contribution >= 4 is 101 Å². The van der Waals surface area contributed by atoms with Gasteiger partial charge in [0.1, 0.15) is 0 Å². The molecule has 0 unspecified atom stereocenters. The van der Waals surface area contributed by atoms with Crippen LogP contribution in [0.5, 0.6) is 0 Å². The molecular weight excluding hydrogens is 933 g/mol. The number of rotatable bonds is 44. The number of carbonyl (C=O) groups excluding carboxylic acids is 6. The quantitative estimate of drug-likeness (QED) is 0.0548. The maximum Gasteiger partial charge on any atom is 0.185 e. The Balaban J connectivity index is 5.72. The Labute approximate surface area is 403 Å². The lowest BCUT2D eigenvalue weighted by atomic mass is 9.92. The molecule has 0 bridgehead atoms. The Morgan fingerprint density at radius 2 is 0.413 bits per heavy atom. The molecule has 0 spiro atoms. The molecule has 0 amide bonds. The largest absolute Gasteiger partial charge is 0.381 e. The van der Waals surface area contributed by atoms with Crippen LogP contribution in [0.4, 0.5) is 0 Å². The lowest BCUT2D eigenvalue weighted by Gasteiger charge is -2.33. The smallest absolute Gasteiger partial charge is 0.185 e. The first-order valence-corrected chi connectivity index (χ1v) is 27.5. The van der Waals surface area contributed by atoms with Crippen molar-refractivity contribution < 1.29 is 66.7 Å². The summed E-state index contributed by atoms with van der Waals surface area (Å²) in [6, 6.07) is 0. The maximum absolute atomic E-state index is 11.4. The van der Waals surface area contributed by atoms with Gasteiger partial charge in [-0.3, -0.25) is 28.8 Å². The molecule has 0 radical (unpaired) electrons. The fraction of sp³-hybridized carbons (Fsp3) is 0.860. The van der Waals surface area contributed by atoms with Gasteiger partial charge in [0, 0.05) is 129 Å². The predicted octanol–water partition coefficient (Wildman–Crippen LogP) is 7.50. The molecule has 0 aromatic rings. The normalized spacial score (nSPS) is 11.9. The van der Waals surface area contributed by atoms with Crippen molar-refractivity contribution in [2.24, 2.45) is 10.8 Å². The lowest BCUT2D eigenvalue weighted by molar-refractivity contribution is -0.114. The van der Waals surface area contributed by atoms with Gasteiger partial charge in [-0.25, -0.2) is 0 Å². The Bertz CT molecular complexity index is 1010. The summed E-state index contributed by atoms with van der Waals surface area (Å²) in [5, 5.41) is 0.418. The van der Waals surface area contributed by atoms with Crippen molar-refractivity contribution in [3.63, 3.8) is 0 Å². The van der Waals surface area contributed by atoms with Crippen LogP contribution in [-0.4, -0.2) is 171 Å². The fourth-order valence-electron chi connectivity index (χ4n) is 5.33. The predicted molar refractivity (Wildman–Crippen MR) is 263 cm³/mol. The molecular formula is C43H76O14S6. The van der Waals surface area contributed by atoms with E-state index in [1.54, 1.807) is 41.5 Å². The molecule has 20 heteroatoms. The number of ether oxygens (including phenoxy) is 8. The van der Waals surface area contributed by atoms with Gasteiger partial charge in [0.15, 0.2) is 30.7 Å². The highest BCUT2D eigenvalue weighted by atomic mass is 32.2. The van der Waals surface area contributed by atoms with E-state index in [0.717, 1.165) is 0 Å². The van der Waals surface area contributed by atoms with Gasteiger partial charge in [-0.05, 0) is 44.9 Å². The van der Waals surface area contributed by atoms with E-state index in [1.165, 1.54) is 70.6 Å². The molecule has 0 rings (SSSR count). The van der Waals surface area contributed by atoms with Crippen molar-refractivity contribution in [2.75, 3.05) is 140 Å². The van der Waals surface area contributed by atoms with Crippen molar-refractivity contribution in [1.82, 2.24) is 0 Å². The van der Waals surface area contributed by atoms with Gasteiger partial charge in [0.2, 0.25) is 0 Å². The number of hydrogen-bond donors (Lipinski definition) is 0. The van der Waals surface area contributed by atoms with E-state index in [0.29, 0.717) is 185 Å². The van der Waals surface area contributed by atoms with Crippen LogP contribution in [0, 0.1) is 10.8 Å². The van der Waals surface area contributed by atoms with E-state index < -0.39 is 10.8 Å². The van der Waals surface area contributed by atoms with Crippen LogP contribution in [0.1, 0.15) is 86.5 Å². The third-order valence-corrected chi connectivity index (χ3v) is 13.7. The molecule has 0 saturated heterocycles. The number of thioether (sulfide) groups is 6. The first-order valence-electron chi connectivity index (χ1n) is 21.6. The topological polar surface area (TPSA) is 176 Å². The third kappa shape index (κ3) is 42.9. The Hall–Kier alpha value is -0.200. The zero-order valence-corrected chi connectivity index (χ0v) is 43.6. The zero-order chi connectivity index (χ0) is 46.9. The van der Waals surface area contributed by atoms with Crippen LogP contribution >= 0.6 is 70.6 Å². The average Bonchev–Trinajstić information content (AvgIpc) is 3.21. The van der Waals surface area contributed by atoms with Crippen LogP contribution < -0.4 is 0 Å². The fourth-order valence-corrected chi connectivity index (χ4v) is 8.63. The van der Waals surface area contributed by atoms with Crippen LogP contribution in [-0.2, 0) is 66.7 Å². The summed E-state index contributed by atoms with van der Waals surface area (Å²) in [6.45, 7) is 15.4. The second-order valence-electron chi connectivity index (χ2n) is 14.9. The summed E-state index contributed by atoms with van der Waals surface area (Å²) in [5.74, 6) is 4.00. The van der Waals surface area contributed by atoms with Crippen LogP contribution in [0.2, 0.25) is 0 Å². The van der Waals surface area contributed by atoms with Crippen molar-refractivity contribution in [3.05, 3.63) is 0 Å². The van der Waals surface area contributed by atoms with Crippen molar-refractivity contribution in [3.8, 4) is 0 Å². The molecule has 0 aliphatic carbocycles. The first kappa shape index (κ1) is 62.8. The first-order chi connectivity index (χ1) is 30.2. The van der Waals surface area contributed by atoms with E-state index in [1.807, 2.05) is 0 Å². The zero-order valence-electron chi connectivity index (χ0n) is 38.7. The summed E-state index contributed by atoms with van der Waals surface area (Å²) in [4.78, 5) is 68.5. The summed E-state index contributed by atoms with van der Waals surface area (Å²) >= 11 is 7.63. The summed E-state index contributed by atoms with van der Waals surface area (Å²) in [6.07, 6.45) is 4.87. The average molecular weight is 1010 g/mol. The van der Waals surface area contributed by atoms with Gasteiger partial charge in [-0.15, -0.1) is 0 Å². The maximum atomic E-state index is 11.4. The van der Waals surface area contributed by atoms with E-state index in [-0.39, 0.29) is 30.7 Å². The molecule has 368 valence electrons. The van der Waals surface area contributed by atoms with E-state index >= 15 is 0 Å². The molecule has 0 aliphatic rings. The van der Waals surface area contributed by atoms with E-state index in [9.17, 15) is 28.8 Å². The number of hydrogen-bond acceptors (Lipinski definition) is 20. The molecule has 0 saturated carbocycles. The van der Waals surface area contributed by atoms with Gasteiger partial charge in [0.05, 0.1) is 63.7 Å². The molecule has 14 nitrogen and oxygen atoms in total. The standard InChI is InChI=1S/C43H76O14S6/c1-36(44)58-22-8-16-52-30-42(31-53-17-9-23-59-37(2)45,32-54-18-10-24-60-38(3)46)28-50-14-7-15-51-29-43(33-55-19-11-25-61-39(4)47,34-56-20-12-26-62-40(5)48)35-57-21-13-27-63-41(6)49/h7-35H2,1-6H3. The lowest BCUT2D eigenvalue weighted by Crippen LogP contribution is -2.42. The molecule has 0 aromatic heterocycles. The molecule has 0 aliphatic heterocycles. The SMILES string of the molecule is CC(=O)SCCCOCC(COCCCOCC(COCCCSC(C)=O)(COCCCSC(C)=O)COCCCSC(C)=O)(COCCCSC(C)=O)COCCCSC(C)=O. The number of carbonyl (C=O) groups is 6. The summed E-state index contributed by atoms with van der Waals surface area (Å²) in [7, 11) is 0. The van der Waals surface area contributed by atoms with Crippen molar-refractivity contribution in [2.45, 2.75) is 86.5 Å². The monoisotopic (exact) mass is 1010 g/mol. The van der Waals surface area contributed by atoms with Gasteiger partial charge in [-0.1, -0.05) is 70.6 Å². The van der Waals surface area contributed by atoms with Gasteiger partial charge >= 0.3 is 0 Å². The van der Waals surface area contributed by atoms with E-state index in [2.05, 4.69) is 0 Å². The summed E-state index contributed by atoms with van der Waals surface area (Å²) in [5.41, 5.74) is -1.27. The Morgan fingerprint density at radius 1 is 0.270 bits per heavy atom. The van der Waals surface area contributed by atoms with Crippen molar-refractivity contribution in [1.29, 1.82) is 0 Å². The molecule has 0 fully saturated rings. The molecule has 0 N–H and O–H groups in total. The second-order valence-corrected chi connectivity index (χ2v) is 22.6. The Kier molecular flexibility index (Phi) is 43.0. The van der Waals surface area contributed by atoms with E-state index in [4.69, 9.17) is 37.9 Å². The van der Waals surface area contributed by atoms with Crippen LogP contribution in [0.15, 0.2) is 0 Å². The van der Waals surface area contributed by atoms with Crippen LogP contribution in [0.3, 0.4) is 0 Å². The molecule has 0 atom stereocenters. The van der Waals surface area contributed by atoms with Gasteiger partial charge in [-0.2, -0.15) is 0 Å².